The summed E-state index contributed by atoms with van der Waals surface area (Å²) in [5, 5.41) is 17.0. The van der Waals surface area contributed by atoms with E-state index in [0.29, 0.717) is 0 Å². The molecule has 114 valence electrons. The number of aryl methyl sites for hydroxylation is 1. The Morgan fingerprint density at radius 1 is 1.48 bits per heavy atom. The monoisotopic (exact) mass is 329 g/mol. The molecule has 0 saturated carbocycles. The number of aliphatic carboxylic acids is 1. The summed E-state index contributed by atoms with van der Waals surface area (Å²) in [6.45, 7) is 2.07. The van der Waals surface area contributed by atoms with E-state index in [1.807, 2.05) is 0 Å². The van der Waals surface area contributed by atoms with Gasteiger partial charge in [0, 0.05) is 12.8 Å². The van der Waals surface area contributed by atoms with E-state index in [2.05, 4.69) is 17.1 Å². The van der Waals surface area contributed by atoms with Crippen molar-refractivity contribution in [2.24, 2.45) is 0 Å². The number of hydrogen-bond acceptors (Lipinski definition) is 7. The van der Waals surface area contributed by atoms with E-state index in [4.69, 9.17) is 5.11 Å². The first kappa shape index (κ1) is 15.9. The van der Waals surface area contributed by atoms with Crippen LogP contribution in [0.3, 0.4) is 0 Å². The molecule has 1 N–H and O–H groups in total. The van der Waals surface area contributed by atoms with Crippen LogP contribution in [-0.4, -0.2) is 44.1 Å². The van der Waals surface area contributed by atoms with Crippen molar-refractivity contribution in [3.8, 4) is 0 Å². The zero-order valence-corrected chi connectivity index (χ0v) is 13.1. The molecule has 2 heterocycles. The Labute approximate surface area is 129 Å². The fraction of sp³-hybridized carbons (Fsp3) is 0.583. The molecule has 1 unspecified atom stereocenters. The van der Waals surface area contributed by atoms with Gasteiger partial charge in [0.2, 0.25) is 16.9 Å². The summed E-state index contributed by atoms with van der Waals surface area (Å²) in [5.74, 6) is -1.95. The minimum Gasteiger partial charge on any atom is -0.481 e. The number of carboxylic acid groups (broad SMARTS) is 1. The first-order valence-electron chi connectivity index (χ1n) is 6.55. The number of carbonyl (C=O) groups excluding carboxylic acids is 2. The molecule has 1 saturated heterocycles. The summed E-state index contributed by atoms with van der Waals surface area (Å²) in [5.41, 5.74) is 0. The second-order valence-electron chi connectivity index (χ2n) is 4.55. The molecule has 1 aromatic rings. The highest BCUT2D eigenvalue weighted by molar-refractivity contribution is 8.01. The maximum Gasteiger partial charge on any atom is 0.313 e. The van der Waals surface area contributed by atoms with Gasteiger partial charge in [0.15, 0.2) is 0 Å². The highest BCUT2D eigenvalue weighted by Crippen LogP contribution is 2.31. The van der Waals surface area contributed by atoms with Crippen molar-refractivity contribution in [3.05, 3.63) is 5.01 Å². The molecule has 0 aromatic carbocycles. The van der Waals surface area contributed by atoms with Crippen LogP contribution in [0.5, 0.6) is 0 Å². The Bertz CT molecular complexity index is 560. The first-order chi connectivity index (χ1) is 10.0. The molecule has 0 spiro atoms. The van der Waals surface area contributed by atoms with Gasteiger partial charge in [-0.25, -0.2) is 4.90 Å². The first-order valence-corrected chi connectivity index (χ1v) is 8.42. The van der Waals surface area contributed by atoms with Crippen molar-refractivity contribution in [2.75, 3.05) is 10.7 Å². The van der Waals surface area contributed by atoms with Gasteiger partial charge in [-0.2, -0.15) is 0 Å². The molecule has 2 rings (SSSR count). The van der Waals surface area contributed by atoms with Gasteiger partial charge in [-0.3, -0.25) is 14.4 Å². The maximum atomic E-state index is 12.2. The highest BCUT2D eigenvalue weighted by Gasteiger charge is 2.41. The number of anilines is 1. The number of thioether (sulfide) groups is 1. The van der Waals surface area contributed by atoms with Crippen LogP contribution >= 0.6 is 23.1 Å². The lowest BCUT2D eigenvalue weighted by molar-refractivity contribution is -0.134. The van der Waals surface area contributed by atoms with Crippen molar-refractivity contribution in [3.63, 3.8) is 0 Å². The zero-order valence-electron chi connectivity index (χ0n) is 11.4. The van der Waals surface area contributed by atoms with E-state index < -0.39 is 17.1 Å². The van der Waals surface area contributed by atoms with E-state index in [1.165, 1.54) is 11.3 Å². The van der Waals surface area contributed by atoms with Gasteiger partial charge < -0.3 is 5.11 Å². The number of imide groups is 1. The lowest BCUT2D eigenvalue weighted by atomic mass is 10.3. The molecule has 0 bridgehead atoms. The van der Waals surface area contributed by atoms with Gasteiger partial charge in [-0.15, -0.1) is 22.0 Å². The summed E-state index contributed by atoms with van der Waals surface area (Å²) in [7, 11) is 0. The third kappa shape index (κ3) is 3.79. The predicted molar refractivity (Wildman–Crippen MR) is 79.5 cm³/mol. The lowest BCUT2D eigenvalue weighted by Crippen LogP contribution is -2.31. The van der Waals surface area contributed by atoms with Crippen LogP contribution in [0.4, 0.5) is 5.13 Å². The summed E-state index contributed by atoms with van der Waals surface area (Å²) in [6, 6.07) is 0. The Kier molecular flexibility index (Phi) is 5.29. The van der Waals surface area contributed by atoms with Crippen molar-refractivity contribution in [1.29, 1.82) is 0 Å². The number of hydrogen-bond donors (Lipinski definition) is 1. The van der Waals surface area contributed by atoms with Crippen molar-refractivity contribution >= 4 is 46.0 Å². The van der Waals surface area contributed by atoms with Crippen LogP contribution in [0.2, 0.25) is 0 Å². The maximum absolute atomic E-state index is 12.2. The number of nitrogens with zero attached hydrogens (tertiary/aromatic N) is 3. The van der Waals surface area contributed by atoms with Crippen molar-refractivity contribution < 1.29 is 19.5 Å². The minimum absolute atomic E-state index is 0.0145. The smallest absolute Gasteiger partial charge is 0.313 e. The van der Waals surface area contributed by atoms with Gasteiger partial charge in [-0.1, -0.05) is 24.7 Å². The Balaban J connectivity index is 2.05. The number of aromatic nitrogens is 2. The Morgan fingerprint density at radius 2 is 2.24 bits per heavy atom. The van der Waals surface area contributed by atoms with Crippen LogP contribution in [0.15, 0.2) is 0 Å². The molecular formula is C12H15N3O4S2. The topological polar surface area (TPSA) is 100 Å². The lowest BCUT2D eigenvalue weighted by Gasteiger charge is -2.09. The molecule has 0 radical (unpaired) electrons. The predicted octanol–water partition coefficient (Wildman–Crippen LogP) is 1.33. The van der Waals surface area contributed by atoms with Crippen molar-refractivity contribution in [1.82, 2.24) is 10.2 Å². The molecule has 21 heavy (non-hydrogen) atoms. The average Bonchev–Trinajstić information content (AvgIpc) is 2.99. The van der Waals surface area contributed by atoms with E-state index >= 15 is 0 Å². The molecular weight excluding hydrogens is 314 g/mol. The van der Waals surface area contributed by atoms with E-state index in [0.717, 1.165) is 40.9 Å². The summed E-state index contributed by atoms with van der Waals surface area (Å²) in [4.78, 5) is 35.7. The van der Waals surface area contributed by atoms with E-state index in [9.17, 15) is 14.4 Å². The van der Waals surface area contributed by atoms with Crippen LogP contribution < -0.4 is 4.90 Å². The highest BCUT2D eigenvalue weighted by atomic mass is 32.2. The van der Waals surface area contributed by atoms with Gasteiger partial charge >= 0.3 is 5.97 Å². The molecule has 1 aromatic heterocycles. The zero-order chi connectivity index (χ0) is 15.4. The van der Waals surface area contributed by atoms with Crippen LogP contribution in [0, 0.1) is 0 Å². The second kappa shape index (κ2) is 6.99. The average molecular weight is 329 g/mol. The van der Waals surface area contributed by atoms with Gasteiger partial charge in [0.25, 0.3) is 0 Å². The third-order valence-electron chi connectivity index (χ3n) is 2.90. The van der Waals surface area contributed by atoms with Gasteiger partial charge in [-0.05, 0) is 6.42 Å². The Hall–Kier alpha value is -1.48. The Morgan fingerprint density at radius 3 is 2.90 bits per heavy atom. The molecule has 7 nitrogen and oxygen atoms in total. The summed E-state index contributed by atoms with van der Waals surface area (Å²) >= 11 is 2.21. The van der Waals surface area contributed by atoms with E-state index in [1.54, 1.807) is 0 Å². The quantitative estimate of drug-likeness (QED) is 0.753. The molecule has 1 atom stereocenters. The third-order valence-corrected chi connectivity index (χ3v) is 5.06. The molecule has 9 heteroatoms. The van der Waals surface area contributed by atoms with Gasteiger partial charge in [0.1, 0.15) is 5.01 Å². The van der Waals surface area contributed by atoms with Crippen LogP contribution in [-0.2, 0) is 20.8 Å². The normalized spacial score (nSPS) is 18.5. The molecule has 1 aliphatic heterocycles. The van der Waals surface area contributed by atoms with E-state index in [-0.39, 0.29) is 23.2 Å². The van der Waals surface area contributed by atoms with Gasteiger partial charge in [0.05, 0.1) is 11.0 Å². The fourth-order valence-corrected chi connectivity index (χ4v) is 3.63. The fourth-order valence-electron chi connectivity index (χ4n) is 1.87. The number of carboxylic acids is 1. The number of rotatable bonds is 7. The molecule has 2 amide bonds. The summed E-state index contributed by atoms with van der Waals surface area (Å²) < 4.78 is 0. The second-order valence-corrected chi connectivity index (χ2v) is 6.78. The van der Waals surface area contributed by atoms with Crippen molar-refractivity contribution in [2.45, 2.75) is 37.9 Å². The molecule has 1 aliphatic rings. The number of unbranched alkanes of at least 4 members (excludes halogenated alkanes) is 1. The standard InChI is InChI=1S/C12H15N3O4S2/c1-2-3-4-8-13-14-12(21-8)15-9(16)5-7(11(15)19)20-6-10(17)18/h7H,2-6H2,1H3,(H,17,18). The largest absolute Gasteiger partial charge is 0.481 e. The van der Waals surface area contributed by atoms with Crippen LogP contribution in [0.25, 0.3) is 0 Å². The number of amides is 2. The molecule has 1 fully saturated rings. The molecule has 0 aliphatic carbocycles. The van der Waals surface area contributed by atoms with Crippen LogP contribution in [0.1, 0.15) is 31.2 Å². The number of carbonyl (C=O) groups is 3. The summed E-state index contributed by atoms with van der Waals surface area (Å²) in [6.07, 6.45) is 2.81. The minimum atomic E-state index is -1.00. The SMILES string of the molecule is CCCCc1nnc(N2C(=O)CC(SCC(=O)O)C2=O)s1.